The van der Waals surface area contributed by atoms with Crippen LogP contribution in [-0.4, -0.2) is 31.1 Å². The van der Waals surface area contributed by atoms with Crippen LogP contribution in [-0.2, 0) is 30.0 Å². The number of hydrogen-bond acceptors (Lipinski definition) is 5. The van der Waals surface area contributed by atoms with Gasteiger partial charge < -0.3 is 9.88 Å². The van der Waals surface area contributed by atoms with Crippen LogP contribution >= 0.6 is 11.3 Å². The fourth-order valence-electron chi connectivity index (χ4n) is 1.90. The zero-order valence-electron chi connectivity index (χ0n) is 12.2. The molecule has 2 N–H and O–H groups in total. The molecule has 0 unspecified atom stereocenters. The van der Waals surface area contributed by atoms with E-state index in [1.807, 2.05) is 23.9 Å². The summed E-state index contributed by atoms with van der Waals surface area (Å²) in [7, 11) is -1.61. The Kier molecular flexibility index (Phi) is 5.51. The first-order valence-electron chi connectivity index (χ1n) is 6.77. The number of rotatable bonds is 8. The lowest BCUT2D eigenvalue weighted by molar-refractivity contribution is 0.581. The Bertz CT molecular complexity index is 662. The molecule has 0 atom stereocenters. The van der Waals surface area contributed by atoms with Gasteiger partial charge >= 0.3 is 0 Å². The predicted octanol–water partition coefficient (Wildman–Crippen LogP) is 1.11. The Morgan fingerprint density at radius 3 is 2.90 bits per heavy atom. The molecule has 2 aromatic rings. The van der Waals surface area contributed by atoms with E-state index in [-0.39, 0.29) is 0 Å². The molecule has 116 valence electrons. The Balaban J connectivity index is 1.98. The van der Waals surface area contributed by atoms with E-state index in [1.165, 1.54) is 11.3 Å². The van der Waals surface area contributed by atoms with Gasteiger partial charge in [0.05, 0.1) is 9.90 Å². The summed E-state index contributed by atoms with van der Waals surface area (Å²) in [6, 6.07) is 1.70. The van der Waals surface area contributed by atoms with E-state index < -0.39 is 10.0 Å². The van der Waals surface area contributed by atoms with Crippen molar-refractivity contribution < 1.29 is 8.42 Å². The number of hydrogen-bond donors (Lipinski definition) is 2. The molecule has 0 aromatic carbocycles. The average Bonchev–Trinajstić information content (AvgIpc) is 3.06. The van der Waals surface area contributed by atoms with Crippen molar-refractivity contribution in [2.45, 2.75) is 24.8 Å². The van der Waals surface area contributed by atoms with E-state index in [1.54, 1.807) is 18.5 Å². The van der Waals surface area contributed by atoms with E-state index in [9.17, 15) is 8.42 Å². The van der Waals surface area contributed by atoms with Crippen molar-refractivity contribution in [3.8, 4) is 0 Å². The van der Waals surface area contributed by atoms with Gasteiger partial charge in [-0.05, 0) is 12.6 Å². The van der Waals surface area contributed by atoms with Gasteiger partial charge in [-0.3, -0.25) is 0 Å². The topological polar surface area (TPSA) is 76.0 Å². The third-order valence-corrected chi connectivity index (χ3v) is 5.33. The van der Waals surface area contributed by atoms with Gasteiger partial charge in [0.25, 0.3) is 0 Å². The summed E-state index contributed by atoms with van der Waals surface area (Å²) < 4.78 is 28.9. The minimum atomic E-state index is -3.46. The van der Waals surface area contributed by atoms with Gasteiger partial charge in [0.2, 0.25) is 10.0 Å². The van der Waals surface area contributed by atoms with Gasteiger partial charge in [-0.25, -0.2) is 18.1 Å². The zero-order chi connectivity index (χ0) is 15.3. The van der Waals surface area contributed by atoms with Gasteiger partial charge in [-0.15, -0.1) is 11.3 Å². The molecular weight excluding hydrogens is 308 g/mol. The molecule has 21 heavy (non-hydrogen) atoms. The fraction of sp³-hybridized carbons (Fsp3) is 0.462. The lowest BCUT2D eigenvalue weighted by atomic mass is 10.4. The maximum Gasteiger partial charge on any atom is 0.242 e. The molecular formula is C13H20N4O2S2. The minimum absolute atomic E-state index is 0.303. The molecule has 2 heterocycles. The third kappa shape index (κ3) is 4.37. The zero-order valence-corrected chi connectivity index (χ0v) is 13.8. The number of nitrogens with zero attached hydrogens (tertiary/aromatic N) is 2. The first-order chi connectivity index (χ1) is 10.0. The fourth-order valence-corrected chi connectivity index (χ4v) is 3.65. The molecule has 0 amide bonds. The Morgan fingerprint density at radius 2 is 2.24 bits per heavy atom. The Morgan fingerprint density at radius 1 is 1.43 bits per heavy atom. The Labute approximate surface area is 129 Å². The van der Waals surface area contributed by atoms with Crippen LogP contribution < -0.4 is 10.0 Å². The molecule has 6 nitrogen and oxygen atoms in total. The number of aromatic nitrogens is 2. The van der Waals surface area contributed by atoms with Crippen LogP contribution in [0.5, 0.6) is 0 Å². The summed E-state index contributed by atoms with van der Waals surface area (Å²) >= 11 is 1.53. The quantitative estimate of drug-likeness (QED) is 0.761. The molecule has 0 saturated carbocycles. The van der Waals surface area contributed by atoms with Crippen molar-refractivity contribution in [2.24, 2.45) is 7.05 Å². The van der Waals surface area contributed by atoms with Gasteiger partial charge in [0.15, 0.2) is 0 Å². The number of thiazole rings is 1. The molecule has 8 heteroatoms. The van der Waals surface area contributed by atoms with Crippen molar-refractivity contribution in [1.82, 2.24) is 19.6 Å². The third-order valence-electron chi connectivity index (χ3n) is 3.06. The van der Waals surface area contributed by atoms with Gasteiger partial charge in [0, 0.05) is 50.0 Å². The van der Waals surface area contributed by atoms with E-state index in [2.05, 4.69) is 15.0 Å². The molecule has 0 aliphatic rings. The van der Waals surface area contributed by atoms with Crippen molar-refractivity contribution in [1.29, 1.82) is 0 Å². The highest BCUT2D eigenvalue weighted by atomic mass is 32.2. The van der Waals surface area contributed by atoms with Crippen molar-refractivity contribution in [3.63, 3.8) is 0 Å². The number of aryl methyl sites for hydroxylation is 1. The summed E-state index contributed by atoms with van der Waals surface area (Å²) in [4.78, 5) is 4.43. The lowest BCUT2D eigenvalue weighted by Crippen LogP contribution is -2.25. The molecule has 0 aliphatic carbocycles. The second kappa shape index (κ2) is 7.17. The maximum absolute atomic E-state index is 12.2. The highest BCUT2D eigenvalue weighted by Crippen LogP contribution is 2.13. The lowest BCUT2D eigenvalue weighted by Gasteiger charge is -2.03. The van der Waals surface area contributed by atoms with E-state index >= 15 is 0 Å². The normalized spacial score (nSPS) is 11.9. The minimum Gasteiger partial charge on any atom is -0.352 e. The highest BCUT2D eigenvalue weighted by Gasteiger charge is 2.17. The smallest absolute Gasteiger partial charge is 0.242 e. The second-order valence-corrected chi connectivity index (χ2v) is 7.38. The van der Waals surface area contributed by atoms with Crippen LogP contribution in [0.25, 0.3) is 0 Å². The predicted molar refractivity (Wildman–Crippen MR) is 83.8 cm³/mol. The first kappa shape index (κ1) is 16.2. The molecule has 0 fully saturated rings. The van der Waals surface area contributed by atoms with E-state index in [0.29, 0.717) is 24.4 Å². The molecule has 0 radical (unpaired) electrons. The van der Waals surface area contributed by atoms with Crippen molar-refractivity contribution in [2.75, 3.05) is 13.1 Å². The number of nitrogens with one attached hydrogen (secondary N) is 2. The molecule has 0 spiro atoms. The Hall–Kier alpha value is -1.22. The van der Waals surface area contributed by atoms with Gasteiger partial charge in [-0.1, -0.05) is 6.92 Å². The van der Waals surface area contributed by atoms with Crippen LogP contribution in [0.2, 0.25) is 0 Å². The summed E-state index contributed by atoms with van der Waals surface area (Å²) in [6.07, 6.45) is 3.96. The summed E-state index contributed by atoms with van der Waals surface area (Å²) in [6.45, 7) is 3.87. The standard InChI is InChI=1S/C13H20N4O2S2/c1-3-14-9-11-8-12(10-17(11)2)21(18,19)16-5-4-13-15-6-7-20-13/h6-8,10,14,16H,3-5,9H2,1-2H3. The van der Waals surface area contributed by atoms with Gasteiger partial charge in [-0.2, -0.15) is 0 Å². The SMILES string of the molecule is CCNCc1cc(S(=O)(=O)NCCc2nccs2)cn1C. The molecule has 0 bridgehead atoms. The van der Waals surface area contributed by atoms with Crippen LogP contribution in [0.15, 0.2) is 28.7 Å². The van der Waals surface area contributed by atoms with Crippen molar-refractivity contribution >= 4 is 21.4 Å². The first-order valence-corrected chi connectivity index (χ1v) is 9.13. The van der Waals surface area contributed by atoms with E-state index in [4.69, 9.17) is 0 Å². The second-order valence-electron chi connectivity index (χ2n) is 4.63. The van der Waals surface area contributed by atoms with Crippen LogP contribution in [0.1, 0.15) is 17.6 Å². The largest absolute Gasteiger partial charge is 0.352 e. The molecule has 2 rings (SSSR count). The van der Waals surface area contributed by atoms with Crippen LogP contribution in [0, 0.1) is 0 Å². The highest BCUT2D eigenvalue weighted by molar-refractivity contribution is 7.89. The molecule has 2 aromatic heterocycles. The molecule has 0 saturated heterocycles. The average molecular weight is 328 g/mol. The summed E-state index contributed by atoms with van der Waals surface area (Å²) in [5.41, 5.74) is 0.942. The van der Waals surface area contributed by atoms with Crippen LogP contribution in [0.3, 0.4) is 0 Å². The molecule has 0 aliphatic heterocycles. The van der Waals surface area contributed by atoms with Crippen LogP contribution in [0.4, 0.5) is 0 Å². The number of sulfonamides is 1. The summed E-state index contributed by atoms with van der Waals surface area (Å²) in [5, 5.41) is 6.00. The van der Waals surface area contributed by atoms with Gasteiger partial charge in [0.1, 0.15) is 0 Å². The van der Waals surface area contributed by atoms with Crippen molar-refractivity contribution in [3.05, 3.63) is 34.5 Å². The maximum atomic E-state index is 12.2. The summed E-state index contributed by atoms with van der Waals surface area (Å²) in [5.74, 6) is 0. The monoisotopic (exact) mass is 328 g/mol. The van der Waals surface area contributed by atoms with E-state index in [0.717, 1.165) is 17.2 Å².